The lowest BCUT2D eigenvalue weighted by atomic mass is 10.1. The third kappa shape index (κ3) is 2.56. The summed E-state index contributed by atoms with van der Waals surface area (Å²) in [5, 5.41) is 0. The van der Waals surface area contributed by atoms with E-state index in [4.69, 9.17) is 19.4 Å². The van der Waals surface area contributed by atoms with Gasteiger partial charge in [-0.05, 0) is 30.3 Å². The first-order valence-electron chi connectivity index (χ1n) is 11.7. The largest absolute Gasteiger partial charge is 0.497 e. The van der Waals surface area contributed by atoms with E-state index in [9.17, 15) is 4.79 Å². The molecule has 9 nitrogen and oxygen atoms in total. The van der Waals surface area contributed by atoms with E-state index < -0.39 is 0 Å². The number of benzene rings is 1. The second kappa shape index (κ2) is 7.22. The molecule has 0 N–H and O–H groups in total. The van der Waals surface area contributed by atoms with Gasteiger partial charge in [0.05, 0.1) is 38.4 Å². The van der Waals surface area contributed by atoms with Crippen LogP contribution in [0, 0.1) is 0 Å². The molecule has 3 unspecified atom stereocenters. The predicted molar refractivity (Wildman–Crippen MR) is 127 cm³/mol. The van der Waals surface area contributed by atoms with Crippen molar-refractivity contribution < 1.29 is 14.3 Å². The fourth-order valence-electron chi connectivity index (χ4n) is 6.05. The summed E-state index contributed by atoms with van der Waals surface area (Å²) < 4.78 is 11.1. The lowest BCUT2D eigenvalue weighted by molar-refractivity contribution is 0.0846. The number of fused-ring (bicyclic) bond motifs is 3. The smallest absolute Gasteiger partial charge is 0.375 e. The molecule has 3 saturated heterocycles. The van der Waals surface area contributed by atoms with E-state index in [0.29, 0.717) is 30.4 Å². The first kappa shape index (κ1) is 19.9. The summed E-state index contributed by atoms with van der Waals surface area (Å²) >= 11 is 0. The number of amides is 1. The van der Waals surface area contributed by atoms with E-state index in [1.54, 1.807) is 13.3 Å². The molecule has 3 atom stereocenters. The highest BCUT2D eigenvalue weighted by Gasteiger charge is 2.81. The number of morpholine rings is 1. The average Bonchev–Trinajstić information content (AvgIpc) is 3.37. The number of hydrogen-bond donors (Lipinski definition) is 0. The number of rotatable bonds is 4. The summed E-state index contributed by atoms with van der Waals surface area (Å²) in [4.78, 5) is 32.9. The van der Waals surface area contributed by atoms with E-state index in [1.165, 1.54) is 0 Å². The number of methoxy groups -OCH3 is 1. The van der Waals surface area contributed by atoms with Gasteiger partial charge < -0.3 is 14.4 Å². The van der Waals surface area contributed by atoms with Crippen LogP contribution in [0.25, 0.3) is 11.3 Å². The number of carbonyl (C=O) groups excluding carboxylic acids is 1. The maximum absolute atomic E-state index is 14.2. The minimum absolute atomic E-state index is 0.0197. The number of nitrogens with zero attached hydrogens (tertiary/aromatic N) is 6. The maximum atomic E-state index is 14.2. The molecule has 34 heavy (non-hydrogen) atoms. The number of carbonyl (C=O) groups is 1. The molecule has 172 valence electrons. The lowest BCUT2D eigenvalue weighted by Gasteiger charge is -2.35. The van der Waals surface area contributed by atoms with Crippen LogP contribution in [-0.4, -0.2) is 73.0 Å². The molecule has 0 aliphatic carbocycles. The van der Waals surface area contributed by atoms with Crippen molar-refractivity contribution in [3.05, 3.63) is 54.6 Å². The van der Waals surface area contributed by atoms with Crippen molar-refractivity contribution in [3.8, 4) is 17.0 Å². The molecule has 9 heteroatoms. The topological polar surface area (TPSA) is 80.7 Å². The fraction of sp³-hybridized carbons (Fsp3) is 0.360. The summed E-state index contributed by atoms with van der Waals surface area (Å²) in [5.41, 5.74) is 4.08. The van der Waals surface area contributed by atoms with E-state index in [1.807, 2.05) is 42.7 Å². The van der Waals surface area contributed by atoms with Gasteiger partial charge in [-0.1, -0.05) is 0 Å². The molecule has 4 aliphatic rings. The number of aromatic nitrogens is 3. The van der Waals surface area contributed by atoms with Crippen LogP contribution in [0.4, 0.5) is 17.2 Å². The average molecular weight is 458 g/mol. The van der Waals surface area contributed by atoms with Gasteiger partial charge in [-0.25, -0.2) is 14.8 Å². The first-order chi connectivity index (χ1) is 16.7. The summed E-state index contributed by atoms with van der Waals surface area (Å²) in [6, 6.07) is 9.91. The van der Waals surface area contributed by atoms with Crippen LogP contribution in [0.5, 0.6) is 5.75 Å². The van der Waals surface area contributed by atoms with Crippen molar-refractivity contribution in [2.75, 3.05) is 49.8 Å². The highest BCUT2D eigenvalue weighted by molar-refractivity contribution is 6.12. The van der Waals surface area contributed by atoms with E-state index >= 15 is 0 Å². The van der Waals surface area contributed by atoms with Gasteiger partial charge in [0.25, 0.3) is 0 Å². The minimum atomic E-state index is 0.0197. The van der Waals surface area contributed by atoms with Crippen LogP contribution < -0.4 is 19.0 Å². The molecule has 2 aromatic heterocycles. The minimum Gasteiger partial charge on any atom is -0.497 e. The normalized spacial score (nSPS) is 26.8. The molecule has 0 spiro atoms. The van der Waals surface area contributed by atoms with Crippen molar-refractivity contribution in [2.45, 2.75) is 18.6 Å². The molecular formula is C25H25N6O3+. The molecule has 0 radical (unpaired) electrons. The van der Waals surface area contributed by atoms with E-state index in [2.05, 4.69) is 14.8 Å². The van der Waals surface area contributed by atoms with Crippen LogP contribution in [0.3, 0.4) is 0 Å². The number of ether oxygens (including phenoxy) is 2. The third-order valence-corrected chi connectivity index (χ3v) is 7.66. The quantitative estimate of drug-likeness (QED) is 0.437. The Morgan fingerprint density at radius 1 is 1.09 bits per heavy atom. The van der Waals surface area contributed by atoms with Crippen molar-refractivity contribution in [1.29, 1.82) is 0 Å². The van der Waals surface area contributed by atoms with E-state index in [-0.39, 0.29) is 22.6 Å². The number of anilines is 2. The Balaban J connectivity index is 1.34. The van der Waals surface area contributed by atoms with Gasteiger partial charge in [0.15, 0.2) is 17.5 Å². The molecule has 0 bridgehead atoms. The Morgan fingerprint density at radius 3 is 2.71 bits per heavy atom. The SMILES string of the molecule is COc1ccc(-c2cnc3c(n2)C(=O)[N+]2(c4cnccc4N4CCOCC4)C4CCN3C42)cc1. The summed E-state index contributed by atoms with van der Waals surface area (Å²) in [6.45, 7) is 3.88. The summed E-state index contributed by atoms with van der Waals surface area (Å²) in [7, 11) is 1.64. The standard InChI is InChI=1S/C25H25N6O3/c1-33-17-4-2-16(3-5-17)18-14-27-23-22(28-18)25(32)31(20-7-9-30(23)24(20)31)21-15-26-8-6-19(21)29-10-12-34-13-11-29/h2-6,8,14-15,20,24H,7,9-13H2,1H3/q+1. The second-order valence-electron chi connectivity index (χ2n) is 9.17. The molecule has 1 amide bonds. The highest BCUT2D eigenvalue weighted by atomic mass is 16.5. The molecule has 3 aromatic rings. The van der Waals surface area contributed by atoms with Crippen LogP contribution in [0.15, 0.2) is 48.9 Å². The molecule has 1 aromatic carbocycles. The van der Waals surface area contributed by atoms with Crippen molar-refractivity contribution in [1.82, 2.24) is 19.4 Å². The Kier molecular flexibility index (Phi) is 4.22. The molecule has 4 aliphatic heterocycles. The molecule has 7 rings (SSSR count). The van der Waals surface area contributed by atoms with Crippen LogP contribution in [0.1, 0.15) is 16.9 Å². The molecule has 3 fully saturated rings. The first-order valence-corrected chi connectivity index (χ1v) is 11.7. The zero-order valence-electron chi connectivity index (χ0n) is 18.9. The van der Waals surface area contributed by atoms with Crippen molar-refractivity contribution in [2.24, 2.45) is 0 Å². The van der Waals surface area contributed by atoms with Gasteiger partial charge in [0, 0.05) is 37.8 Å². The Hall–Kier alpha value is -3.56. The van der Waals surface area contributed by atoms with Crippen LogP contribution in [0.2, 0.25) is 0 Å². The van der Waals surface area contributed by atoms with Crippen LogP contribution in [-0.2, 0) is 4.74 Å². The van der Waals surface area contributed by atoms with Gasteiger partial charge in [-0.3, -0.25) is 9.88 Å². The third-order valence-electron chi connectivity index (χ3n) is 7.66. The lowest BCUT2D eigenvalue weighted by Crippen LogP contribution is -2.52. The van der Waals surface area contributed by atoms with Crippen molar-refractivity contribution in [3.63, 3.8) is 0 Å². The van der Waals surface area contributed by atoms with Gasteiger partial charge >= 0.3 is 5.91 Å². The summed E-state index contributed by atoms with van der Waals surface area (Å²) in [5.74, 6) is 1.50. The zero-order valence-corrected chi connectivity index (χ0v) is 18.9. The molecular weight excluding hydrogens is 432 g/mol. The monoisotopic (exact) mass is 457 g/mol. The number of quaternary nitrogens is 1. The van der Waals surface area contributed by atoms with Gasteiger partial charge in [-0.15, -0.1) is 0 Å². The maximum Gasteiger partial charge on any atom is 0.375 e. The number of hydrogen-bond acceptors (Lipinski definition) is 8. The number of pyridine rings is 1. The van der Waals surface area contributed by atoms with Gasteiger partial charge in [0.1, 0.15) is 11.4 Å². The van der Waals surface area contributed by atoms with Crippen molar-refractivity contribution >= 4 is 23.1 Å². The van der Waals surface area contributed by atoms with Crippen LogP contribution >= 0.6 is 0 Å². The highest BCUT2D eigenvalue weighted by Crippen LogP contribution is 2.59. The predicted octanol–water partition coefficient (Wildman–Crippen LogP) is 2.46. The molecule has 0 saturated carbocycles. The van der Waals surface area contributed by atoms with E-state index in [0.717, 1.165) is 48.7 Å². The zero-order chi connectivity index (χ0) is 22.9. The van der Waals surface area contributed by atoms with Gasteiger partial charge in [-0.2, -0.15) is 4.48 Å². The molecule has 6 heterocycles. The second-order valence-corrected chi connectivity index (χ2v) is 9.17. The fourth-order valence-corrected chi connectivity index (χ4v) is 6.05. The Morgan fingerprint density at radius 2 is 1.91 bits per heavy atom. The summed E-state index contributed by atoms with van der Waals surface area (Å²) in [6.07, 6.45) is 6.49. The Labute approximate surface area is 197 Å². The Bertz CT molecular complexity index is 1290. The van der Waals surface area contributed by atoms with Gasteiger partial charge in [0.2, 0.25) is 11.9 Å².